The van der Waals surface area contributed by atoms with Crippen LogP contribution < -0.4 is 15.4 Å². The number of hydrogen-bond donors (Lipinski definition) is 2. The third-order valence-electron chi connectivity index (χ3n) is 4.03. The second kappa shape index (κ2) is 11.3. The average Bonchev–Trinajstić information content (AvgIpc) is 2.71. The molecule has 2 aromatic carbocycles. The molecule has 0 spiro atoms. The van der Waals surface area contributed by atoms with E-state index in [1.807, 2.05) is 54.6 Å². The number of aryl methyl sites for hydroxylation is 1. The molecule has 0 amide bonds. The van der Waals surface area contributed by atoms with Gasteiger partial charge in [0.15, 0.2) is 5.96 Å². The van der Waals surface area contributed by atoms with Crippen LogP contribution in [0.5, 0.6) is 11.5 Å². The largest absolute Gasteiger partial charge is 0.457 e. The minimum absolute atomic E-state index is 0. The summed E-state index contributed by atoms with van der Waals surface area (Å²) < 4.78 is 6.08. The zero-order valence-electron chi connectivity index (χ0n) is 16.1. The van der Waals surface area contributed by atoms with Crippen LogP contribution in [0.2, 0.25) is 0 Å². The molecule has 0 aliphatic heterocycles. The summed E-state index contributed by atoms with van der Waals surface area (Å²) in [5.41, 5.74) is 3.18. The van der Waals surface area contributed by atoms with E-state index in [2.05, 4.69) is 39.7 Å². The van der Waals surface area contributed by atoms with Gasteiger partial charge in [-0.15, -0.1) is 24.0 Å². The number of ether oxygens (including phenoxy) is 1. The highest BCUT2D eigenvalue weighted by Gasteiger charge is 2.07. The number of rotatable bonds is 6. The third kappa shape index (κ3) is 6.53. The summed E-state index contributed by atoms with van der Waals surface area (Å²) >= 11 is 0. The maximum Gasteiger partial charge on any atom is 0.191 e. The Morgan fingerprint density at radius 2 is 1.71 bits per heavy atom. The Balaban J connectivity index is 0.00000280. The molecule has 0 unspecified atom stereocenters. The first-order valence-electron chi connectivity index (χ1n) is 8.91. The molecule has 3 aromatic rings. The average molecular weight is 488 g/mol. The fourth-order valence-corrected chi connectivity index (χ4v) is 2.59. The molecule has 3 rings (SSSR count). The zero-order valence-corrected chi connectivity index (χ0v) is 18.4. The Morgan fingerprint density at radius 3 is 2.43 bits per heavy atom. The number of nitrogens with one attached hydrogen (secondary N) is 2. The van der Waals surface area contributed by atoms with Crippen LogP contribution in [-0.2, 0) is 13.1 Å². The first-order chi connectivity index (χ1) is 13.2. The lowest BCUT2D eigenvalue weighted by Gasteiger charge is -2.15. The maximum absolute atomic E-state index is 6.08. The van der Waals surface area contributed by atoms with Crippen LogP contribution >= 0.6 is 24.0 Å². The van der Waals surface area contributed by atoms with Crippen molar-refractivity contribution < 1.29 is 4.74 Å². The maximum atomic E-state index is 6.08. The standard InChI is InChI=1S/C22H24N4O.HI/c1-17-11-12-18(21(14-17)27-20-9-4-3-5-10-20)15-25-22(23-2)26-16-19-8-6-7-13-24-19;/h3-14H,15-16H2,1-2H3,(H2,23,25,26);1H. The number of hydrogen-bond acceptors (Lipinski definition) is 3. The lowest BCUT2D eigenvalue weighted by atomic mass is 10.1. The number of pyridine rings is 1. The van der Waals surface area contributed by atoms with Gasteiger partial charge < -0.3 is 15.4 Å². The van der Waals surface area contributed by atoms with Gasteiger partial charge in [0.1, 0.15) is 11.5 Å². The predicted molar refractivity (Wildman–Crippen MR) is 124 cm³/mol. The van der Waals surface area contributed by atoms with Crippen molar-refractivity contribution in [3.05, 3.63) is 89.7 Å². The highest BCUT2D eigenvalue weighted by molar-refractivity contribution is 14.0. The van der Waals surface area contributed by atoms with Crippen LogP contribution in [0, 0.1) is 6.92 Å². The van der Waals surface area contributed by atoms with E-state index >= 15 is 0 Å². The molecule has 1 heterocycles. The van der Waals surface area contributed by atoms with Crippen molar-refractivity contribution in [1.82, 2.24) is 15.6 Å². The molecule has 0 radical (unpaired) electrons. The molecule has 0 saturated heterocycles. The van der Waals surface area contributed by atoms with Crippen LogP contribution in [0.3, 0.4) is 0 Å². The summed E-state index contributed by atoms with van der Waals surface area (Å²) in [6.07, 6.45) is 1.78. The quantitative estimate of drug-likeness (QED) is 0.301. The SMILES string of the molecule is CN=C(NCc1ccccn1)NCc1ccc(C)cc1Oc1ccccc1.I. The molecule has 6 heteroatoms. The van der Waals surface area contributed by atoms with Gasteiger partial charge in [-0.05, 0) is 42.8 Å². The molecular formula is C22H25IN4O. The van der Waals surface area contributed by atoms with Crippen molar-refractivity contribution in [2.75, 3.05) is 7.05 Å². The van der Waals surface area contributed by atoms with Gasteiger partial charge in [-0.25, -0.2) is 0 Å². The smallest absolute Gasteiger partial charge is 0.191 e. The van der Waals surface area contributed by atoms with Gasteiger partial charge in [0.2, 0.25) is 0 Å². The minimum atomic E-state index is 0. The Labute approximate surface area is 183 Å². The van der Waals surface area contributed by atoms with Crippen LogP contribution in [0.25, 0.3) is 0 Å². The Kier molecular flexibility index (Phi) is 8.74. The van der Waals surface area contributed by atoms with Crippen LogP contribution in [0.1, 0.15) is 16.8 Å². The van der Waals surface area contributed by atoms with E-state index < -0.39 is 0 Å². The molecule has 0 aliphatic carbocycles. The molecule has 0 saturated carbocycles. The number of halogens is 1. The van der Waals surface area contributed by atoms with Gasteiger partial charge in [-0.3, -0.25) is 9.98 Å². The molecule has 2 N–H and O–H groups in total. The van der Waals surface area contributed by atoms with E-state index in [4.69, 9.17) is 4.74 Å². The van der Waals surface area contributed by atoms with Crippen molar-refractivity contribution in [2.45, 2.75) is 20.0 Å². The minimum Gasteiger partial charge on any atom is -0.457 e. The zero-order chi connectivity index (χ0) is 18.9. The monoisotopic (exact) mass is 488 g/mol. The summed E-state index contributed by atoms with van der Waals surface area (Å²) in [5.74, 6) is 2.38. The highest BCUT2D eigenvalue weighted by Crippen LogP contribution is 2.26. The number of nitrogens with zero attached hydrogens (tertiary/aromatic N) is 2. The van der Waals surface area contributed by atoms with Gasteiger partial charge in [0, 0.05) is 25.4 Å². The fourth-order valence-electron chi connectivity index (χ4n) is 2.59. The van der Waals surface area contributed by atoms with E-state index in [0.717, 1.165) is 28.3 Å². The molecule has 0 aliphatic rings. The summed E-state index contributed by atoms with van der Waals surface area (Å²) in [6, 6.07) is 21.9. The van der Waals surface area contributed by atoms with Gasteiger partial charge in [0.05, 0.1) is 12.2 Å². The topological polar surface area (TPSA) is 58.5 Å². The Bertz CT molecular complexity index is 886. The Morgan fingerprint density at radius 1 is 0.964 bits per heavy atom. The second-order valence-electron chi connectivity index (χ2n) is 6.13. The molecule has 0 fully saturated rings. The van der Waals surface area contributed by atoms with Gasteiger partial charge >= 0.3 is 0 Å². The van der Waals surface area contributed by atoms with Crippen LogP contribution in [0.4, 0.5) is 0 Å². The van der Waals surface area contributed by atoms with Gasteiger partial charge in [-0.2, -0.15) is 0 Å². The van der Waals surface area contributed by atoms with E-state index in [9.17, 15) is 0 Å². The lowest BCUT2D eigenvalue weighted by Crippen LogP contribution is -2.36. The highest BCUT2D eigenvalue weighted by atomic mass is 127. The molecule has 1 aromatic heterocycles. The predicted octanol–water partition coefficient (Wildman–Crippen LogP) is 4.67. The van der Waals surface area contributed by atoms with Crippen molar-refractivity contribution in [2.24, 2.45) is 4.99 Å². The number of aromatic nitrogens is 1. The van der Waals surface area contributed by atoms with E-state index in [1.54, 1.807) is 13.2 Å². The van der Waals surface area contributed by atoms with Crippen LogP contribution in [-0.4, -0.2) is 18.0 Å². The van der Waals surface area contributed by atoms with Crippen LogP contribution in [0.15, 0.2) is 77.9 Å². The first kappa shape index (κ1) is 21.7. The summed E-state index contributed by atoms with van der Waals surface area (Å²) in [4.78, 5) is 8.58. The van der Waals surface area contributed by atoms with Crippen molar-refractivity contribution >= 4 is 29.9 Å². The number of benzene rings is 2. The molecule has 28 heavy (non-hydrogen) atoms. The molecular weight excluding hydrogens is 463 g/mol. The Hall–Kier alpha value is -2.61. The van der Waals surface area contributed by atoms with Crippen molar-refractivity contribution in [3.63, 3.8) is 0 Å². The normalized spacial score (nSPS) is 10.7. The number of para-hydroxylation sites is 1. The van der Waals surface area contributed by atoms with E-state index in [-0.39, 0.29) is 24.0 Å². The fraction of sp³-hybridized carbons (Fsp3) is 0.182. The lowest BCUT2D eigenvalue weighted by molar-refractivity contribution is 0.474. The van der Waals surface area contributed by atoms with Crippen molar-refractivity contribution in [1.29, 1.82) is 0 Å². The summed E-state index contributed by atoms with van der Waals surface area (Å²) in [7, 11) is 1.75. The van der Waals surface area contributed by atoms with Crippen molar-refractivity contribution in [3.8, 4) is 11.5 Å². The number of guanidine groups is 1. The molecule has 5 nitrogen and oxygen atoms in total. The molecule has 146 valence electrons. The third-order valence-corrected chi connectivity index (χ3v) is 4.03. The van der Waals surface area contributed by atoms with E-state index in [1.165, 1.54) is 0 Å². The van der Waals surface area contributed by atoms with Gasteiger partial charge in [-0.1, -0.05) is 36.4 Å². The van der Waals surface area contributed by atoms with Gasteiger partial charge in [0.25, 0.3) is 0 Å². The summed E-state index contributed by atoms with van der Waals surface area (Å²) in [5, 5.41) is 6.60. The second-order valence-corrected chi connectivity index (χ2v) is 6.13. The molecule has 0 atom stereocenters. The molecule has 0 bridgehead atoms. The summed E-state index contributed by atoms with van der Waals surface area (Å²) in [6.45, 7) is 3.27. The first-order valence-corrected chi connectivity index (χ1v) is 8.91. The van der Waals surface area contributed by atoms with E-state index in [0.29, 0.717) is 19.0 Å². The number of aliphatic imine (C=N–C) groups is 1.